The molecule has 0 fully saturated rings. The second kappa shape index (κ2) is 10.9. The molecule has 3 heteroatoms. The smallest absolute Gasteiger partial charge is 0.261 e. The number of hydrogen-bond acceptors (Lipinski definition) is 2. The molecule has 3 rings (SSSR count). The van der Waals surface area contributed by atoms with Crippen LogP contribution in [-0.2, 0) is 10.8 Å². The zero-order valence-corrected chi connectivity index (χ0v) is 20.1. The normalized spacial score (nSPS) is 13.2. The molecule has 0 aromatic heterocycles. The van der Waals surface area contributed by atoms with Crippen LogP contribution in [0.2, 0.25) is 5.04 Å². The predicted molar refractivity (Wildman–Crippen MR) is 134 cm³/mol. The van der Waals surface area contributed by atoms with Crippen molar-refractivity contribution in [2.75, 3.05) is 6.61 Å². The first-order valence-electron chi connectivity index (χ1n) is 11.4. The van der Waals surface area contributed by atoms with Gasteiger partial charge in [0.05, 0.1) is 6.10 Å². The number of hydrogen-bond donors (Lipinski definition) is 1. The van der Waals surface area contributed by atoms with Gasteiger partial charge in [0.25, 0.3) is 8.32 Å². The van der Waals surface area contributed by atoms with Gasteiger partial charge in [-0.25, -0.2) is 0 Å². The molecule has 0 amide bonds. The van der Waals surface area contributed by atoms with Gasteiger partial charge < -0.3 is 9.53 Å². The van der Waals surface area contributed by atoms with Crippen LogP contribution in [0.25, 0.3) is 0 Å². The van der Waals surface area contributed by atoms with Crippen LogP contribution < -0.4 is 10.4 Å². The Morgan fingerprint density at radius 2 is 1.23 bits per heavy atom. The fraction of sp³-hybridized carbons (Fsp3) is 0.357. The lowest BCUT2D eigenvalue weighted by Crippen LogP contribution is -2.66. The van der Waals surface area contributed by atoms with E-state index in [2.05, 4.69) is 106 Å². The summed E-state index contributed by atoms with van der Waals surface area (Å²) in [7, 11) is -2.47. The third kappa shape index (κ3) is 5.94. The van der Waals surface area contributed by atoms with Crippen LogP contribution in [0.3, 0.4) is 0 Å². The molecule has 0 saturated heterocycles. The maximum atomic E-state index is 10.5. The van der Waals surface area contributed by atoms with Crippen molar-refractivity contribution < 1.29 is 9.53 Å². The molecule has 3 aromatic carbocycles. The summed E-state index contributed by atoms with van der Waals surface area (Å²) in [6.45, 7) is 7.56. The second-order valence-corrected chi connectivity index (χ2v) is 13.6. The number of aliphatic hydroxyl groups is 1. The minimum atomic E-state index is -2.47. The van der Waals surface area contributed by atoms with Crippen molar-refractivity contribution in [2.24, 2.45) is 0 Å². The molecule has 1 N–H and O–H groups in total. The summed E-state index contributed by atoms with van der Waals surface area (Å²) < 4.78 is 6.91. The van der Waals surface area contributed by atoms with Crippen LogP contribution in [0.4, 0.5) is 0 Å². The summed E-state index contributed by atoms with van der Waals surface area (Å²) >= 11 is 0. The standard InChI is InChI=1S/C28H36O2Si/c1-28(2,3)31(26-17-9-5-10-18-26,27-19-11-6-12-20-27)30-23-13-16-25(29)22-21-24-14-7-4-8-15-24/h4-12,14-15,17-20,25,29H,13,16,21-23H2,1-3H3/t25-/m1/s1. The third-order valence-electron chi connectivity index (χ3n) is 6.03. The van der Waals surface area contributed by atoms with Crippen LogP contribution in [0.1, 0.15) is 45.6 Å². The third-order valence-corrected chi connectivity index (χ3v) is 11.1. The van der Waals surface area contributed by atoms with E-state index in [1.165, 1.54) is 15.9 Å². The quantitative estimate of drug-likeness (QED) is 0.346. The molecular formula is C28H36O2Si. The van der Waals surface area contributed by atoms with Gasteiger partial charge in [-0.3, -0.25) is 0 Å². The maximum Gasteiger partial charge on any atom is 0.261 e. The van der Waals surface area contributed by atoms with E-state index in [0.717, 1.165) is 25.7 Å². The molecule has 2 nitrogen and oxygen atoms in total. The summed E-state index contributed by atoms with van der Waals surface area (Å²) in [5, 5.41) is 13.1. The van der Waals surface area contributed by atoms with Crippen LogP contribution in [0.5, 0.6) is 0 Å². The van der Waals surface area contributed by atoms with E-state index in [9.17, 15) is 5.11 Å². The lowest BCUT2D eigenvalue weighted by molar-refractivity contribution is 0.143. The van der Waals surface area contributed by atoms with E-state index >= 15 is 0 Å². The van der Waals surface area contributed by atoms with Gasteiger partial charge in [0.1, 0.15) is 0 Å². The lowest BCUT2D eigenvalue weighted by atomic mass is 10.0. The Balaban J connectivity index is 1.68. The average Bonchev–Trinajstić information content (AvgIpc) is 2.79. The highest BCUT2D eigenvalue weighted by Gasteiger charge is 2.49. The number of aryl methyl sites for hydroxylation is 1. The van der Waals surface area contributed by atoms with Gasteiger partial charge in [-0.05, 0) is 46.7 Å². The highest BCUT2D eigenvalue weighted by Crippen LogP contribution is 2.36. The molecule has 0 saturated carbocycles. The number of benzene rings is 3. The highest BCUT2D eigenvalue weighted by atomic mass is 28.4. The summed E-state index contributed by atoms with van der Waals surface area (Å²) in [5.74, 6) is 0. The Morgan fingerprint density at radius 3 is 1.71 bits per heavy atom. The number of rotatable bonds is 10. The molecule has 0 heterocycles. The first kappa shape index (κ1) is 23.5. The zero-order valence-electron chi connectivity index (χ0n) is 19.1. The topological polar surface area (TPSA) is 29.5 Å². The molecule has 0 aliphatic rings. The minimum absolute atomic E-state index is 0.0123. The van der Waals surface area contributed by atoms with Crippen molar-refractivity contribution in [3.63, 3.8) is 0 Å². The molecule has 31 heavy (non-hydrogen) atoms. The molecule has 0 unspecified atom stereocenters. The first-order valence-corrected chi connectivity index (χ1v) is 13.3. The molecular weight excluding hydrogens is 396 g/mol. The molecule has 0 bridgehead atoms. The fourth-order valence-electron chi connectivity index (χ4n) is 4.43. The average molecular weight is 433 g/mol. The predicted octanol–water partition coefficient (Wildman–Crippen LogP) is 5.34. The van der Waals surface area contributed by atoms with Crippen LogP contribution in [-0.4, -0.2) is 26.1 Å². The Bertz CT molecular complexity index is 849. The van der Waals surface area contributed by atoms with Crippen LogP contribution in [0.15, 0.2) is 91.0 Å². The van der Waals surface area contributed by atoms with Gasteiger partial charge in [0, 0.05) is 6.61 Å². The molecule has 3 aromatic rings. The Morgan fingerprint density at radius 1 is 0.742 bits per heavy atom. The van der Waals surface area contributed by atoms with Crippen LogP contribution >= 0.6 is 0 Å². The van der Waals surface area contributed by atoms with Gasteiger partial charge >= 0.3 is 0 Å². The largest absolute Gasteiger partial charge is 0.407 e. The van der Waals surface area contributed by atoms with E-state index in [0.29, 0.717) is 6.61 Å². The molecule has 1 atom stereocenters. The lowest BCUT2D eigenvalue weighted by Gasteiger charge is -2.43. The van der Waals surface area contributed by atoms with Crippen molar-refractivity contribution in [2.45, 2.75) is 57.6 Å². The first-order chi connectivity index (χ1) is 14.9. The van der Waals surface area contributed by atoms with E-state index in [1.807, 2.05) is 6.07 Å². The minimum Gasteiger partial charge on any atom is -0.407 e. The van der Waals surface area contributed by atoms with Crippen molar-refractivity contribution in [3.8, 4) is 0 Å². The van der Waals surface area contributed by atoms with Gasteiger partial charge in [-0.15, -0.1) is 0 Å². The Hall–Kier alpha value is -2.20. The van der Waals surface area contributed by atoms with E-state index < -0.39 is 8.32 Å². The van der Waals surface area contributed by atoms with Crippen LogP contribution in [0, 0.1) is 0 Å². The summed E-state index contributed by atoms with van der Waals surface area (Å²) in [4.78, 5) is 0. The monoisotopic (exact) mass is 432 g/mol. The zero-order chi connectivity index (χ0) is 22.2. The van der Waals surface area contributed by atoms with Crippen molar-refractivity contribution in [1.29, 1.82) is 0 Å². The summed E-state index contributed by atoms with van der Waals surface area (Å²) in [6.07, 6.45) is 3.05. The number of aliphatic hydroxyl groups excluding tert-OH is 1. The molecule has 0 radical (unpaired) electrons. The summed E-state index contributed by atoms with van der Waals surface area (Å²) in [5.41, 5.74) is 1.28. The molecule has 0 spiro atoms. The van der Waals surface area contributed by atoms with E-state index in [4.69, 9.17) is 4.43 Å². The highest BCUT2D eigenvalue weighted by molar-refractivity contribution is 6.99. The van der Waals surface area contributed by atoms with Crippen molar-refractivity contribution >= 4 is 18.7 Å². The molecule has 0 aliphatic heterocycles. The van der Waals surface area contributed by atoms with Gasteiger partial charge in [-0.2, -0.15) is 0 Å². The molecule has 164 valence electrons. The van der Waals surface area contributed by atoms with Gasteiger partial charge in [0.15, 0.2) is 0 Å². The van der Waals surface area contributed by atoms with E-state index in [1.54, 1.807) is 0 Å². The Labute approximate surface area is 189 Å². The van der Waals surface area contributed by atoms with Gasteiger partial charge in [-0.1, -0.05) is 112 Å². The van der Waals surface area contributed by atoms with Crippen molar-refractivity contribution in [1.82, 2.24) is 0 Å². The fourth-order valence-corrected chi connectivity index (χ4v) is 9.03. The Kier molecular flexibility index (Phi) is 8.25. The SMILES string of the molecule is CC(C)(C)[Si](OCCC[C@@H](O)CCc1ccccc1)(c1ccccc1)c1ccccc1. The summed E-state index contributed by atoms with van der Waals surface area (Å²) in [6, 6.07) is 31.9. The maximum absolute atomic E-state index is 10.5. The second-order valence-electron chi connectivity index (χ2n) is 9.33. The van der Waals surface area contributed by atoms with Gasteiger partial charge in [0.2, 0.25) is 0 Å². The molecule has 0 aliphatic carbocycles. The van der Waals surface area contributed by atoms with E-state index in [-0.39, 0.29) is 11.1 Å². The van der Waals surface area contributed by atoms with Crippen molar-refractivity contribution in [3.05, 3.63) is 96.6 Å².